The monoisotopic (exact) mass is 335 g/mol. The quantitative estimate of drug-likeness (QED) is 0.832. The molecule has 1 saturated heterocycles. The minimum Gasteiger partial charge on any atom is -0.330 e. The van der Waals surface area contributed by atoms with Gasteiger partial charge in [-0.1, -0.05) is 36.6 Å². The molecule has 0 radical (unpaired) electrons. The van der Waals surface area contributed by atoms with Crippen LogP contribution in [0.1, 0.15) is 47.8 Å². The summed E-state index contributed by atoms with van der Waals surface area (Å²) in [5.74, 6) is -0.774. The molecule has 0 N–H and O–H groups in total. The van der Waals surface area contributed by atoms with Crippen LogP contribution in [0.4, 0.5) is 4.39 Å². The first-order valence-corrected chi connectivity index (χ1v) is 8.20. The van der Waals surface area contributed by atoms with E-state index in [4.69, 9.17) is 11.6 Å². The highest BCUT2D eigenvalue weighted by molar-refractivity contribution is 6.31. The lowest BCUT2D eigenvalue weighted by Gasteiger charge is -2.30. The van der Waals surface area contributed by atoms with Gasteiger partial charge in [-0.15, -0.1) is 0 Å². The molecule has 3 rings (SSSR count). The van der Waals surface area contributed by atoms with E-state index in [1.54, 1.807) is 27.9 Å². The number of halogens is 2. The fourth-order valence-corrected chi connectivity index (χ4v) is 3.51. The topological polar surface area (TPSA) is 38.1 Å². The van der Waals surface area contributed by atoms with E-state index in [9.17, 15) is 9.18 Å². The number of amides is 1. The van der Waals surface area contributed by atoms with Gasteiger partial charge in [-0.05, 0) is 25.0 Å². The Kier molecular flexibility index (Phi) is 4.66. The Morgan fingerprint density at radius 3 is 2.78 bits per heavy atom. The molecule has 1 atom stereocenters. The molecule has 0 spiro atoms. The lowest BCUT2D eigenvalue weighted by molar-refractivity contribution is 0.0669. The molecular formula is C17H19ClFN3O. The van der Waals surface area contributed by atoms with Crippen LogP contribution in [0.25, 0.3) is 0 Å². The van der Waals surface area contributed by atoms with E-state index in [0.717, 1.165) is 31.4 Å². The second kappa shape index (κ2) is 6.71. The molecule has 4 nitrogen and oxygen atoms in total. The lowest BCUT2D eigenvalue weighted by atomic mass is 10.0. The molecule has 1 fully saturated rings. The highest BCUT2D eigenvalue weighted by atomic mass is 35.5. The molecule has 0 bridgehead atoms. The van der Waals surface area contributed by atoms with Crippen LogP contribution < -0.4 is 0 Å². The molecule has 1 aliphatic heterocycles. The van der Waals surface area contributed by atoms with Crippen molar-refractivity contribution in [1.82, 2.24) is 14.7 Å². The zero-order valence-corrected chi connectivity index (χ0v) is 13.8. The Morgan fingerprint density at radius 2 is 2.09 bits per heavy atom. The van der Waals surface area contributed by atoms with E-state index in [1.165, 1.54) is 12.1 Å². The predicted molar refractivity (Wildman–Crippen MR) is 86.9 cm³/mol. The summed E-state index contributed by atoms with van der Waals surface area (Å²) in [6.07, 6.45) is 5.36. The van der Waals surface area contributed by atoms with Gasteiger partial charge in [0.05, 0.1) is 28.5 Å². The van der Waals surface area contributed by atoms with Gasteiger partial charge in [-0.3, -0.25) is 9.48 Å². The first-order valence-electron chi connectivity index (χ1n) is 7.82. The van der Waals surface area contributed by atoms with Crippen molar-refractivity contribution in [3.05, 3.63) is 52.6 Å². The summed E-state index contributed by atoms with van der Waals surface area (Å²) in [4.78, 5) is 14.7. The standard InChI is InChI=1S/C17H19ClFN3O/c1-21-16(13(18)11-20-21)15-9-3-2-6-10-22(15)17(23)12-7-4-5-8-14(12)19/h4-5,7-8,11,15H,2-3,6,9-10H2,1H3/t15-/m0/s1. The predicted octanol–water partition coefficient (Wildman–Crippen LogP) is 3.97. The number of hydrogen-bond acceptors (Lipinski definition) is 2. The first kappa shape index (κ1) is 16.0. The SMILES string of the molecule is Cn1ncc(Cl)c1[C@@H]1CCCCCN1C(=O)c1ccccc1F. The molecular weight excluding hydrogens is 317 g/mol. The summed E-state index contributed by atoms with van der Waals surface area (Å²) in [5, 5.41) is 4.73. The van der Waals surface area contributed by atoms with E-state index in [2.05, 4.69) is 5.10 Å². The molecule has 0 aliphatic carbocycles. The third kappa shape index (κ3) is 3.11. The third-order valence-electron chi connectivity index (χ3n) is 4.37. The van der Waals surface area contributed by atoms with Gasteiger partial charge in [0, 0.05) is 13.6 Å². The van der Waals surface area contributed by atoms with Gasteiger partial charge in [-0.25, -0.2) is 4.39 Å². The fourth-order valence-electron chi connectivity index (χ4n) is 3.22. The number of carbonyl (C=O) groups excluding carboxylic acids is 1. The first-order chi connectivity index (χ1) is 11.1. The molecule has 1 aromatic heterocycles. The maximum atomic E-state index is 14.0. The summed E-state index contributed by atoms with van der Waals surface area (Å²) >= 11 is 6.28. The highest BCUT2D eigenvalue weighted by Gasteiger charge is 2.32. The Hall–Kier alpha value is -1.88. The number of benzene rings is 1. The van der Waals surface area contributed by atoms with E-state index >= 15 is 0 Å². The van der Waals surface area contributed by atoms with E-state index in [1.807, 2.05) is 7.05 Å². The van der Waals surface area contributed by atoms with E-state index in [0.29, 0.717) is 11.6 Å². The molecule has 0 saturated carbocycles. The summed E-state index contributed by atoms with van der Waals surface area (Å²) < 4.78 is 15.7. The molecule has 2 aromatic rings. The number of rotatable bonds is 2. The van der Waals surface area contributed by atoms with Crippen molar-refractivity contribution in [3.8, 4) is 0 Å². The third-order valence-corrected chi connectivity index (χ3v) is 4.66. The number of hydrogen-bond donors (Lipinski definition) is 0. The van der Waals surface area contributed by atoms with Crippen LogP contribution in [0.2, 0.25) is 5.02 Å². The van der Waals surface area contributed by atoms with Gasteiger partial charge in [0.15, 0.2) is 0 Å². The molecule has 122 valence electrons. The van der Waals surface area contributed by atoms with E-state index < -0.39 is 5.82 Å². The molecule has 0 unspecified atom stereocenters. The average Bonchev–Trinajstić information content (AvgIpc) is 2.75. The van der Waals surface area contributed by atoms with Crippen LogP contribution in [-0.4, -0.2) is 27.1 Å². The molecule has 6 heteroatoms. The van der Waals surface area contributed by atoms with Crippen LogP contribution in [0.3, 0.4) is 0 Å². The molecule has 23 heavy (non-hydrogen) atoms. The van der Waals surface area contributed by atoms with Crippen molar-refractivity contribution in [1.29, 1.82) is 0 Å². The maximum absolute atomic E-state index is 14.0. The Bertz CT molecular complexity index is 696. The van der Waals surface area contributed by atoms with E-state index in [-0.39, 0.29) is 17.5 Å². The van der Waals surface area contributed by atoms with Gasteiger partial charge in [0.25, 0.3) is 5.91 Å². The summed E-state index contributed by atoms with van der Waals surface area (Å²) in [6.45, 7) is 0.597. The van der Waals surface area contributed by atoms with Gasteiger partial charge in [0.2, 0.25) is 0 Å². The smallest absolute Gasteiger partial charge is 0.257 e. The van der Waals surface area contributed by atoms with Crippen molar-refractivity contribution in [2.45, 2.75) is 31.7 Å². The van der Waals surface area contributed by atoms with Gasteiger partial charge in [-0.2, -0.15) is 5.10 Å². The minimum atomic E-state index is -0.489. The molecule has 1 aliphatic rings. The summed E-state index contributed by atoms with van der Waals surface area (Å²) in [7, 11) is 1.82. The lowest BCUT2D eigenvalue weighted by Crippen LogP contribution is -2.36. The number of carbonyl (C=O) groups is 1. The summed E-state index contributed by atoms with van der Waals surface area (Å²) in [5.41, 5.74) is 0.927. The summed E-state index contributed by atoms with van der Waals surface area (Å²) in [6, 6.07) is 5.94. The Balaban J connectivity index is 2.00. The fraction of sp³-hybridized carbons (Fsp3) is 0.412. The largest absolute Gasteiger partial charge is 0.330 e. The maximum Gasteiger partial charge on any atom is 0.257 e. The van der Waals surface area contributed by atoms with Crippen molar-refractivity contribution < 1.29 is 9.18 Å². The minimum absolute atomic E-state index is 0.109. The number of aromatic nitrogens is 2. The average molecular weight is 336 g/mol. The van der Waals surface area contributed by atoms with Gasteiger partial charge >= 0.3 is 0 Å². The second-order valence-corrected chi connectivity index (χ2v) is 6.25. The van der Waals surface area contributed by atoms with Crippen LogP contribution in [0, 0.1) is 5.82 Å². The van der Waals surface area contributed by atoms with Crippen molar-refractivity contribution in [3.63, 3.8) is 0 Å². The normalized spacial score (nSPS) is 18.7. The van der Waals surface area contributed by atoms with Gasteiger partial charge < -0.3 is 4.90 Å². The number of likely N-dealkylation sites (tertiary alicyclic amines) is 1. The second-order valence-electron chi connectivity index (χ2n) is 5.84. The zero-order valence-electron chi connectivity index (χ0n) is 13.0. The molecule has 1 aromatic carbocycles. The van der Waals surface area contributed by atoms with Crippen molar-refractivity contribution >= 4 is 17.5 Å². The highest BCUT2D eigenvalue weighted by Crippen LogP contribution is 2.34. The zero-order chi connectivity index (χ0) is 16.4. The Labute approximate surface area is 139 Å². The van der Waals surface area contributed by atoms with Crippen LogP contribution in [0.5, 0.6) is 0 Å². The Morgan fingerprint density at radius 1 is 1.30 bits per heavy atom. The van der Waals surface area contributed by atoms with Crippen LogP contribution in [0.15, 0.2) is 30.5 Å². The molecule has 2 heterocycles. The number of nitrogens with zero attached hydrogens (tertiary/aromatic N) is 3. The van der Waals surface area contributed by atoms with Crippen LogP contribution >= 0.6 is 11.6 Å². The number of aryl methyl sites for hydroxylation is 1. The molecule has 1 amide bonds. The van der Waals surface area contributed by atoms with Crippen LogP contribution in [-0.2, 0) is 7.05 Å². The van der Waals surface area contributed by atoms with Crippen molar-refractivity contribution in [2.75, 3.05) is 6.54 Å². The van der Waals surface area contributed by atoms with Crippen molar-refractivity contribution in [2.24, 2.45) is 7.05 Å². The van der Waals surface area contributed by atoms with Gasteiger partial charge in [0.1, 0.15) is 5.82 Å².